The Morgan fingerprint density at radius 1 is 1.30 bits per heavy atom. The average Bonchev–Trinajstić information content (AvgIpc) is 2.91. The van der Waals surface area contributed by atoms with Crippen LogP contribution in [-0.4, -0.2) is 71.7 Å². The first-order valence-corrected chi connectivity index (χ1v) is 10.4. The summed E-state index contributed by atoms with van der Waals surface area (Å²) < 4.78 is 0. The number of anilines is 1. The SMILES string of the molecule is CN1CC2(CC(CCNc3cccc4c3C(=O)N(C(C=O)CCC(=O)O)C4=O)C2)C1. The Morgan fingerprint density at radius 3 is 2.67 bits per heavy atom. The Hall–Kier alpha value is -2.74. The lowest BCUT2D eigenvalue weighted by molar-refractivity contribution is -0.137. The fourth-order valence-electron chi connectivity index (χ4n) is 5.42. The molecule has 1 atom stereocenters. The maximum absolute atomic E-state index is 13.0. The van der Waals surface area contributed by atoms with E-state index in [0.29, 0.717) is 29.9 Å². The lowest BCUT2D eigenvalue weighted by Crippen LogP contribution is -2.60. The van der Waals surface area contributed by atoms with Crippen LogP contribution in [0.4, 0.5) is 5.69 Å². The molecule has 1 aromatic carbocycles. The van der Waals surface area contributed by atoms with Gasteiger partial charge in [0.25, 0.3) is 11.8 Å². The molecule has 1 aromatic rings. The Morgan fingerprint density at radius 2 is 2.03 bits per heavy atom. The molecule has 160 valence electrons. The van der Waals surface area contributed by atoms with Crippen LogP contribution in [0.1, 0.15) is 52.8 Å². The van der Waals surface area contributed by atoms with E-state index < -0.39 is 23.8 Å². The molecular weight excluding hydrogens is 386 g/mol. The summed E-state index contributed by atoms with van der Waals surface area (Å²) in [5.41, 5.74) is 1.66. The molecule has 4 rings (SSSR count). The van der Waals surface area contributed by atoms with Gasteiger partial charge in [-0.3, -0.25) is 19.3 Å². The van der Waals surface area contributed by atoms with E-state index in [9.17, 15) is 19.2 Å². The van der Waals surface area contributed by atoms with Crippen LogP contribution in [0.15, 0.2) is 18.2 Å². The summed E-state index contributed by atoms with van der Waals surface area (Å²) in [5, 5.41) is 12.2. The summed E-state index contributed by atoms with van der Waals surface area (Å²) in [5.74, 6) is -1.48. The average molecular weight is 413 g/mol. The van der Waals surface area contributed by atoms with Gasteiger partial charge in [0.1, 0.15) is 6.29 Å². The molecule has 8 nitrogen and oxygen atoms in total. The van der Waals surface area contributed by atoms with Crippen LogP contribution in [0, 0.1) is 11.3 Å². The van der Waals surface area contributed by atoms with Gasteiger partial charge in [-0.25, -0.2) is 0 Å². The van der Waals surface area contributed by atoms with Crippen molar-refractivity contribution >= 4 is 29.8 Å². The molecule has 8 heteroatoms. The van der Waals surface area contributed by atoms with Gasteiger partial charge in [-0.15, -0.1) is 0 Å². The quantitative estimate of drug-likeness (QED) is 0.470. The highest BCUT2D eigenvalue weighted by Crippen LogP contribution is 2.52. The zero-order chi connectivity index (χ0) is 21.5. The lowest BCUT2D eigenvalue weighted by Gasteiger charge is -2.58. The normalized spacial score (nSPS) is 21.2. The zero-order valence-corrected chi connectivity index (χ0v) is 17.1. The first-order chi connectivity index (χ1) is 14.3. The minimum atomic E-state index is -1.08. The number of aliphatic carboxylic acids is 1. The Labute approximate surface area is 175 Å². The van der Waals surface area contributed by atoms with Crippen LogP contribution in [0.2, 0.25) is 0 Å². The molecule has 2 amide bonds. The number of carbonyl (C=O) groups excluding carboxylic acids is 3. The van der Waals surface area contributed by atoms with Crippen LogP contribution in [-0.2, 0) is 9.59 Å². The van der Waals surface area contributed by atoms with E-state index >= 15 is 0 Å². The van der Waals surface area contributed by atoms with E-state index in [0.717, 1.165) is 11.3 Å². The number of rotatable bonds is 9. The summed E-state index contributed by atoms with van der Waals surface area (Å²) in [4.78, 5) is 51.2. The number of fused-ring (bicyclic) bond motifs is 1. The third kappa shape index (κ3) is 3.60. The number of nitrogens with one attached hydrogen (secondary N) is 1. The maximum Gasteiger partial charge on any atom is 0.303 e. The Bertz CT molecular complexity index is 885. The number of carbonyl (C=O) groups is 4. The monoisotopic (exact) mass is 413 g/mol. The topological polar surface area (TPSA) is 107 Å². The predicted molar refractivity (Wildman–Crippen MR) is 109 cm³/mol. The van der Waals surface area contributed by atoms with Crippen LogP contribution >= 0.6 is 0 Å². The van der Waals surface area contributed by atoms with Gasteiger partial charge in [0, 0.05) is 31.7 Å². The van der Waals surface area contributed by atoms with Crippen LogP contribution in [0.25, 0.3) is 0 Å². The van der Waals surface area contributed by atoms with E-state index in [1.54, 1.807) is 18.2 Å². The van der Waals surface area contributed by atoms with Crippen molar-refractivity contribution in [3.63, 3.8) is 0 Å². The molecule has 2 N–H and O–H groups in total. The molecule has 2 heterocycles. The van der Waals surface area contributed by atoms with Crippen molar-refractivity contribution in [3.8, 4) is 0 Å². The molecule has 2 aliphatic heterocycles. The number of carboxylic acids is 1. The number of aldehydes is 1. The molecule has 3 aliphatic rings. The van der Waals surface area contributed by atoms with E-state index in [4.69, 9.17) is 5.11 Å². The predicted octanol–water partition coefficient (Wildman–Crippen LogP) is 1.86. The van der Waals surface area contributed by atoms with Crippen LogP contribution in [0.3, 0.4) is 0 Å². The highest BCUT2D eigenvalue weighted by molar-refractivity contribution is 6.24. The van der Waals surface area contributed by atoms with E-state index in [1.165, 1.54) is 25.9 Å². The fourth-order valence-corrected chi connectivity index (χ4v) is 5.42. The molecule has 1 spiro atoms. The van der Waals surface area contributed by atoms with Gasteiger partial charge in [-0.1, -0.05) is 6.07 Å². The minimum Gasteiger partial charge on any atom is -0.481 e. The van der Waals surface area contributed by atoms with E-state index in [1.807, 2.05) is 0 Å². The van der Waals surface area contributed by atoms with Crippen molar-refractivity contribution in [1.29, 1.82) is 0 Å². The fraction of sp³-hybridized carbons (Fsp3) is 0.545. The second-order valence-corrected chi connectivity index (χ2v) is 9.01. The van der Waals surface area contributed by atoms with Gasteiger partial charge in [0.05, 0.1) is 17.2 Å². The zero-order valence-electron chi connectivity index (χ0n) is 17.1. The molecular formula is C22H27N3O5. The number of amides is 2. The van der Waals surface area contributed by atoms with Gasteiger partial charge >= 0.3 is 5.97 Å². The van der Waals surface area contributed by atoms with Crippen molar-refractivity contribution < 1.29 is 24.3 Å². The second kappa shape index (κ2) is 7.83. The third-order valence-electron chi connectivity index (χ3n) is 6.61. The Balaban J connectivity index is 1.39. The van der Waals surface area contributed by atoms with Crippen molar-refractivity contribution in [2.75, 3.05) is 32.0 Å². The molecule has 0 aromatic heterocycles. The number of benzene rings is 1. The van der Waals surface area contributed by atoms with Gasteiger partial charge in [0.2, 0.25) is 0 Å². The maximum atomic E-state index is 13.0. The number of hydrogen-bond donors (Lipinski definition) is 2. The van der Waals surface area contributed by atoms with Crippen molar-refractivity contribution in [3.05, 3.63) is 29.3 Å². The van der Waals surface area contributed by atoms with Crippen LogP contribution in [0.5, 0.6) is 0 Å². The molecule has 0 radical (unpaired) electrons. The van der Waals surface area contributed by atoms with Gasteiger partial charge in [-0.2, -0.15) is 0 Å². The lowest BCUT2D eigenvalue weighted by atomic mass is 9.57. The van der Waals surface area contributed by atoms with Crippen molar-refractivity contribution in [1.82, 2.24) is 9.80 Å². The first-order valence-electron chi connectivity index (χ1n) is 10.4. The van der Waals surface area contributed by atoms with Crippen molar-refractivity contribution in [2.24, 2.45) is 11.3 Å². The van der Waals surface area contributed by atoms with E-state index in [2.05, 4.69) is 17.3 Å². The summed E-state index contributed by atoms with van der Waals surface area (Å²) in [6, 6.07) is 3.98. The van der Waals surface area contributed by atoms with Crippen LogP contribution < -0.4 is 5.32 Å². The summed E-state index contributed by atoms with van der Waals surface area (Å²) in [6.45, 7) is 3.09. The van der Waals surface area contributed by atoms with Crippen molar-refractivity contribution in [2.45, 2.75) is 38.1 Å². The second-order valence-electron chi connectivity index (χ2n) is 9.01. The summed E-state index contributed by atoms with van der Waals surface area (Å²) in [7, 11) is 2.15. The molecule has 1 unspecified atom stereocenters. The largest absolute Gasteiger partial charge is 0.481 e. The number of hydrogen-bond acceptors (Lipinski definition) is 6. The molecule has 2 fully saturated rings. The smallest absolute Gasteiger partial charge is 0.303 e. The highest BCUT2D eigenvalue weighted by Gasteiger charge is 2.50. The molecule has 1 saturated heterocycles. The number of carboxylic acid groups (broad SMARTS) is 1. The highest BCUT2D eigenvalue weighted by atomic mass is 16.4. The number of likely N-dealkylation sites (tertiary alicyclic amines) is 1. The van der Waals surface area contributed by atoms with E-state index in [-0.39, 0.29) is 24.0 Å². The molecule has 1 saturated carbocycles. The molecule has 1 aliphatic carbocycles. The molecule has 30 heavy (non-hydrogen) atoms. The summed E-state index contributed by atoms with van der Waals surface area (Å²) in [6.07, 6.45) is 3.61. The Kier molecular flexibility index (Phi) is 5.36. The van der Waals surface area contributed by atoms with Gasteiger partial charge in [0.15, 0.2) is 0 Å². The minimum absolute atomic E-state index is 0.0916. The van der Waals surface area contributed by atoms with Gasteiger partial charge < -0.3 is 20.1 Å². The number of imide groups is 1. The number of nitrogens with zero attached hydrogens (tertiary/aromatic N) is 2. The van der Waals surface area contributed by atoms with Gasteiger partial charge in [-0.05, 0) is 56.2 Å². The summed E-state index contributed by atoms with van der Waals surface area (Å²) >= 11 is 0. The standard InChI is InChI=1S/C22H27N3O5/c1-24-12-22(13-24)9-14(10-22)7-8-23-17-4-2-3-16-19(17)21(30)25(20(16)29)15(11-26)5-6-18(27)28/h2-4,11,14-15,23H,5-10,12-13H2,1H3,(H,27,28). The molecule has 0 bridgehead atoms. The first kappa shape index (κ1) is 20.5. The third-order valence-corrected chi connectivity index (χ3v) is 6.61.